The molecule has 0 aliphatic carbocycles. The van der Waals surface area contributed by atoms with Crippen molar-refractivity contribution in [2.24, 2.45) is 0 Å². The van der Waals surface area contributed by atoms with Crippen molar-refractivity contribution in [3.8, 4) is 11.5 Å². The van der Waals surface area contributed by atoms with Crippen molar-refractivity contribution < 1.29 is 14.6 Å². The second-order valence-corrected chi connectivity index (χ2v) is 7.43. The second-order valence-electron chi connectivity index (χ2n) is 7.43. The molecule has 0 aliphatic rings. The van der Waals surface area contributed by atoms with Gasteiger partial charge in [-0.05, 0) is 54.4 Å². The number of para-hydroxylation sites is 2. The summed E-state index contributed by atoms with van der Waals surface area (Å²) in [6.07, 6.45) is 0.0159. The van der Waals surface area contributed by atoms with Gasteiger partial charge in [-0.15, -0.1) is 0 Å². The van der Waals surface area contributed by atoms with Crippen LogP contribution in [-0.2, 0) is 13.0 Å². The average Bonchev–Trinajstić information content (AvgIpc) is 3.10. The van der Waals surface area contributed by atoms with Gasteiger partial charge in [0.25, 0.3) is 0 Å². The number of rotatable bonds is 8. The Morgan fingerprint density at radius 3 is 2.53 bits per heavy atom. The van der Waals surface area contributed by atoms with E-state index in [4.69, 9.17) is 14.5 Å². The Labute approximate surface area is 176 Å². The summed E-state index contributed by atoms with van der Waals surface area (Å²) in [6.45, 7) is 2.65. The van der Waals surface area contributed by atoms with E-state index in [1.165, 1.54) is 0 Å². The van der Waals surface area contributed by atoms with Crippen LogP contribution in [0.2, 0.25) is 0 Å². The Hall–Kier alpha value is -3.31. The van der Waals surface area contributed by atoms with E-state index < -0.39 is 6.10 Å². The molecule has 0 amide bonds. The highest BCUT2D eigenvalue weighted by atomic mass is 16.5. The van der Waals surface area contributed by atoms with Gasteiger partial charge in [0.05, 0.1) is 24.7 Å². The van der Waals surface area contributed by atoms with Crippen molar-refractivity contribution in [1.82, 2.24) is 9.55 Å². The number of aliphatic hydroxyl groups is 1. The van der Waals surface area contributed by atoms with E-state index in [1.807, 2.05) is 79.7 Å². The van der Waals surface area contributed by atoms with E-state index in [1.54, 1.807) is 7.11 Å². The number of hydrogen-bond acceptors (Lipinski definition) is 4. The van der Waals surface area contributed by atoms with E-state index in [0.29, 0.717) is 13.0 Å². The summed E-state index contributed by atoms with van der Waals surface area (Å²) in [4.78, 5) is 4.81. The molecule has 5 heteroatoms. The molecule has 1 atom stereocenters. The maximum absolute atomic E-state index is 10.7. The molecule has 4 aromatic rings. The van der Waals surface area contributed by atoms with E-state index in [-0.39, 0.29) is 6.61 Å². The second kappa shape index (κ2) is 9.01. The minimum absolute atomic E-state index is 0.220. The number of hydrogen-bond donors (Lipinski definition) is 1. The fourth-order valence-corrected chi connectivity index (χ4v) is 3.55. The van der Waals surface area contributed by atoms with Crippen molar-refractivity contribution in [3.63, 3.8) is 0 Å². The van der Waals surface area contributed by atoms with Crippen LogP contribution in [-0.4, -0.2) is 34.5 Å². The number of ether oxygens (including phenoxy) is 2. The fraction of sp³-hybridized carbons (Fsp3) is 0.240. The molecule has 3 aromatic carbocycles. The number of aryl methyl sites for hydroxylation is 1. The van der Waals surface area contributed by atoms with Crippen LogP contribution in [0, 0.1) is 6.92 Å². The first-order valence-electron chi connectivity index (χ1n) is 10.1. The number of aromatic nitrogens is 2. The Morgan fingerprint density at radius 1 is 0.967 bits per heavy atom. The number of fused-ring (bicyclic) bond motifs is 1. The molecule has 1 heterocycles. The maximum Gasteiger partial charge on any atom is 0.119 e. The highest BCUT2D eigenvalue weighted by molar-refractivity contribution is 5.76. The van der Waals surface area contributed by atoms with Crippen LogP contribution in [0.1, 0.15) is 17.0 Å². The largest absolute Gasteiger partial charge is 0.497 e. The smallest absolute Gasteiger partial charge is 0.119 e. The standard InChI is InChI=1S/C25H26N2O3/c1-18-6-5-7-22(14-18)30-17-20(28)16-27-24-9-4-3-8-23(24)26-25(27)15-19-10-12-21(29-2)13-11-19/h3-14,20,28H,15-17H2,1-2H3/t20-/m1/s1. The van der Waals surface area contributed by atoms with Gasteiger partial charge in [-0.2, -0.15) is 0 Å². The normalized spacial score (nSPS) is 12.1. The van der Waals surface area contributed by atoms with Crippen molar-refractivity contribution in [2.75, 3.05) is 13.7 Å². The number of aliphatic hydroxyl groups excluding tert-OH is 1. The van der Waals surface area contributed by atoms with Crippen molar-refractivity contribution >= 4 is 11.0 Å². The van der Waals surface area contributed by atoms with E-state index in [2.05, 4.69) is 4.57 Å². The molecule has 0 saturated carbocycles. The van der Waals surface area contributed by atoms with Crippen LogP contribution in [0.5, 0.6) is 11.5 Å². The highest BCUT2D eigenvalue weighted by Crippen LogP contribution is 2.21. The molecular formula is C25H26N2O3. The first kappa shape index (κ1) is 20.0. The van der Waals surface area contributed by atoms with Crippen LogP contribution < -0.4 is 9.47 Å². The van der Waals surface area contributed by atoms with E-state index in [9.17, 15) is 5.11 Å². The Bertz CT molecular complexity index is 1120. The third-order valence-electron chi connectivity index (χ3n) is 5.08. The summed E-state index contributed by atoms with van der Waals surface area (Å²) < 4.78 is 13.1. The lowest BCUT2D eigenvalue weighted by Crippen LogP contribution is -2.24. The lowest BCUT2D eigenvalue weighted by Gasteiger charge is -2.16. The molecule has 0 aliphatic heterocycles. The van der Waals surface area contributed by atoms with Crippen LogP contribution >= 0.6 is 0 Å². The Balaban J connectivity index is 1.53. The molecule has 154 valence electrons. The molecule has 30 heavy (non-hydrogen) atoms. The third-order valence-corrected chi connectivity index (χ3v) is 5.08. The average molecular weight is 402 g/mol. The molecular weight excluding hydrogens is 376 g/mol. The summed E-state index contributed by atoms with van der Waals surface area (Å²) in [5.41, 5.74) is 4.20. The molecule has 4 rings (SSSR count). The quantitative estimate of drug-likeness (QED) is 0.475. The lowest BCUT2D eigenvalue weighted by atomic mass is 10.1. The summed E-state index contributed by atoms with van der Waals surface area (Å²) in [5.74, 6) is 2.51. The van der Waals surface area contributed by atoms with Gasteiger partial charge in [0.2, 0.25) is 0 Å². The van der Waals surface area contributed by atoms with Crippen molar-refractivity contribution in [2.45, 2.75) is 26.0 Å². The van der Waals surface area contributed by atoms with Gasteiger partial charge in [-0.3, -0.25) is 0 Å². The zero-order valence-corrected chi connectivity index (χ0v) is 17.3. The molecule has 0 bridgehead atoms. The Kier molecular flexibility index (Phi) is 6.00. The zero-order chi connectivity index (χ0) is 20.9. The summed E-state index contributed by atoms with van der Waals surface area (Å²) in [5, 5.41) is 10.7. The molecule has 0 radical (unpaired) electrons. The molecule has 0 spiro atoms. The topological polar surface area (TPSA) is 56.5 Å². The third kappa shape index (κ3) is 4.63. The van der Waals surface area contributed by atoms with Crippen LogP contribution in [0.15, 0.2) is 72.8 Å². The maximum atomic E-state index is 10.7. The lowest BCUT2D eigenvalue weighted by molar-refractivity contribution is 0.0928. The van der Waals surface area contributed by atoms with Gasteiger partial charge < -0.3 is 19.1 Å². The first-order chi connectivity index (χ1) is 14.6. The van der Waals surface area contributed by atoms with Crippen molar-refractivity contribution in [1.29, 1.82) is 0 Å². The van der Waals surface area contributed by atoms with Gasteiger partial charge >= 0.3 is 0 Å². The molecule has 1 aromatic heterocycles. The van der Waals surface area contributed by atoms with E-state index in [0.717, 1.165) is 39.5 Å². The zero-order valence-electron chi connectivity index (χ0n) is 17.3. The first-order valence-corrected chi connectivity index (χ1v) is 10.1. The van der Waals surface area contributed by atoms with Crippen molar-refractivity contribution in [3.05, 3.63) is 89.7 Å². The predicted molar refractivity (Wildman–Crippen MR) is 118 cm³/mol. The van der Waals surface area contributed by atoms with Gasteiger partial charge in [0.1, 0.15) is 30.0 Å². The minimum atomic E-state index is -0.655. The van der Waals surface area contributed by atoms with Gasteiger partial charge in [-0.25, -0.2) is 4.98 Å². The highest BCUT2D eigenvalue weighted by Gasteiger charge is 2.15. The minimum Gasteiger partial charge on any atom is -0.497 e. The number of imidazole rings is 1. The Morgan fingerprint density at radius 2 is 1.77 bits per heavy atom. The summed E-state index contributed by atoms with van der Waals surface area (Å²) >= 11 is 0. The molecule has 1 N–H and O–H groups in total. The van der Waals surface area contributed by atoms with Crippen LogP contribution in [0.4, 0.5) is 0 Å². The molecule has 5 nitrogen and oxygen atoms in total. The number of benzene rings is 3. The molecule has 0 unspecified atom stereocenters. The van der Waals surface area contributed by atoms with E-state index >= 15 is 0 Å². The summed E-state index contributed by atoms with van der Waals surface area (Å²) in [7, 11) is 1.66. The summed E-state index contributed by atoms with van der Waals surface area (Å²) in [6, 6.07) is 23.8. The monoisotopic (exact) mass is 402 g/mol. The fourth-order valence-electron chi connectivity index (χ4n) is 3.55. The number of methoxy groups -OCH3 is 1. The van der Waals surface area contributed by atoms with Gasteiger partial charge in [-0.1, -0.05) is 36.4 Å². The SMILES string of the molecule is COc1ccc(Cc2nc3ccccc3n2C[C@@H](O)COc2cccc(C)c2)cc1. The van der Waals surface area contributed by atoms with Crippen LogP contribution in [0.3, 0.4) is 0 Å². The van der Waals surface area contributed by atoms with Gasteiger partial charge in [0.15, 0.2) is 0 Å². The molecule has 0 fully saturated rings. The van der Waals surface area contributed by atoms with Gasteiger partial charge in [0, 0.05) is 6.42 Å². The predicted octanol–water partition coefficient (Wildman–Crippen LogP) is 4.38. The molecule has 0 saturated heterocycles. The van der Waals surface area contributed by atoms with Crippen LogP contribution in [0.25, 0.3) is 11.0 Å². The number of nitrogens with zero attached hydrogens (tertiary/aromatic N) is 2.